The van der Waals surface area contributed by atoms with Gasteiger partial charge in [-0.2, -0.15) is 0 Å². The Labute approximate surface area is 151 Å². The summed E-state index contributed by atoms with van der Waals surface area (Å²) >= 11 is 0. The molecule has 1 aliphatic rings. The number of halogens is 1. The first kappa shape index (κ1) is 17.9. The lowest BCUT2D eigenvalue weighted by Crippen LogP contribution is -2.44. The normalized spacial score (nSPS) is 17.0. The van der Waals surface area contributed by atoms with Crippen molar-refractivity contribution < 1.29 is 19.2 Å². The molecule has 1 heterocycles. The number of carboxylic acids is 1. The van der Waals surface area contributed by atoms with Gasteiger partial charge in [0.15, 0.2) is 0 Å². The molecule has 2 amide bonds. The molecule has 3 rings (SSSR count). The second-order valence-corrected chi connectivity index (χ2v) is 6.50. The maximum atomic E-state index is 14.4. The van der Waals surface area contributed by atoms with Crippen LogP contribution in [0.15, 0.2) is 54.6 Å². The molecule has 0 radical (unpaired) electrons. The summed E-state index contributed by atoms with van der Waals surface area (Å²) in [4.78, 5) is 24.9. The number of carbonyl (C=O) groups is 2. The molecule has 0 aromatic heterocycles. The van der Waals surface area contributed by atoms with E-state index in [-0.39, 0.29) is 23.1 Å². The fraction of sp³-hybridized carbons (Fsp3) is 0.300. The van der Waals surface area contributed by atoms with Crippen LogP contribution in [0.4, 0.5) is 15.0 Å². The number of rotatable bonds is 4. The van der Waals surface area contributed by atoms with Crippen LogP contribution < -0.4 is 5.12 Å². The van der Waals surface area contributed by atoms with Crippen LogP contribution in [-0.2, 0) is 11.2 Å². The average Bonchev–Trinajstić information content (AvgIpc) is 2.67. The topological polar surface area (TPSA) is 60.9 Å². The van der Waals surface area contributed by atoms with Crippen LogP contribution in [0.3, 0.4) is 0 Å². The zero-order chi connectivity index (χ0) is 18.5. The summed E-state index contributed by atoms with van der Waals surface area (Å²) in [6.07, 6.45) is 1.63. The Morgan fingerprint density at radius 3 is 2.65 bits per heavy atom. The number of aliphatic carboxylic acids is 1. The van der Waals surface area contributed by atoms with Gasteiger partial charge in [0.05, 0.1) is 12.1 Å². The van der Waals surface area contributed by atoms with E-state index < -0.39 is 12.0 Å². The van der Waals surface area contributed by atoms with Crippen molar-refractivity contribution in [2.24, 2.45) is 0 Å². The number of carboxylic acid groups (broad SMARTS) is 1. The molecule has 6 heteroatoms. The molecule has 1 N–H and O–H groups in total. The number of amides is 2. The molecule has 26 heavy (non-hydrogen) atoms. The summed E-state index contributed by atoms with van der Waals surface area (Å²) in [6, 6.07) is 15.0. The van der Waals surface area contributed by atoms with Gasteiger partial charge in [-0.25, -0.2) is 4.79 Å². The van der Waals surface area contributed by atoms with Gasteiger partial charge in [-0.05, 0) is 36.1 Å². The van der Waals surface area contributed by atoms with E-state index >= 15 is 0 Å². The molecule has 136 valence electrons. The van der Waals surface area contributed by atoms with Gasteiger partial charge in [-0.3, -0.25) is 4.79 Å². The lowest BCUT2D eigenvalue weighted by molar-refractivity contribution is -0.136. The van der Waals surface area contributed by atoms with Crippen molar-refractivity contribution in [1.29, 1.82) is 0 Å². The zero-order valence-electron chi connectivity index (χ0n) is 14.3. The highest BCUT2D eigenvalue weighted by molar-refractivity contribution is 5.89. The average molecular weight is 356 g/mol. The van der Waals surface area contributed by atoms with Crippen molar-refractivity contribution >= 4 is 17.7 Å². The monoisotopic (exact) mass is 356 g/mol. The molecule has 0 bridgehead atoms. The smallest absolute Gasteiger partial charge is 0.352 e. The highest BCUT2D eigenvalue weighted by Crippen LogP contribution is 2.29. The number of anilines is 1. The Morgan fingerprint density at radius 2 is 1.92 bits per heavy atom. The van der Waals surface area contributed by atoms with Gasteiger partial charge in [-0.1, -0.05) is 46.9 Å². The van der Waals surface area contributed by atoms with Gasteiger partial charge in [-0.15, -0.1) is 5.12 Å². The number of para-hydroxylation sites is 1. The molecule has 2 aromatic carbocycles. The first-order valence-corrected chi connectivity index (χ1v) is 8.65. The summed E-state index contributed by atoms with van der Waals surface area (Å²) in [7, 11) is 0. The first-order chi connectivity index (χ1) is 12.5. The molecule has 1 aliphatic heterocycles. The summed E-state index contributed by atoms with van der Waals surface area (Å²) < 4.78 is 14.4. The number of hydrogen-bond acceptors (Lipinski definition) is 2. The number of carbonyl (C=O) groups excluding carboxylic acids is 1. The van der Waals surface area contributed by atoms with Gasteiger partial charge >= 0.3 is 12.0 Å². The number of nitrogens with zero attached hydrogens (tertiary/aromatic N) is 2. The minimum atomic E-state index is -0.876. The van der Waals surface area contributed by atoms with E-state index in [9.17, 15) is 14.1 Å². The Morgan fingerprint density at radius 1 is 1.15 bits per heavy atom. The SMILES string of the molecule is O=C(O)Cc1cccc(C2CCCN(C(=O)N(F)c3ccccc3)C2)c1. The predicted octanol–water partition coefficient (Wildman–Crippen LogP) is 4.00. The van der Waals surface area contributed by atoms with E-state index in [1.54, 1.807) is 36.4 Å². The number of likely N-dealkylation sites (tertiary alicyclic amines) is 1. The molecule has 0 saturated carbocycles. The second kappa shape index (κ2) is 7.99. The largest absolute Gasteiger partial charge is 0.481 e. The minimum Gasteiger partial charge on any atom is -0.481 e. The number of hydrogen-bond donors (Lipinski definition) is 1. The Balaban J connectivity index is 1.71. The highest BCUT2D eigenvalue weighted by Gasteiger charge is 2.29. The fourth-order valence-corrected chi connectivity index (χ4v) is 3.35. The molecule has 1 fully saturated rings. The molecular formula is C20H21FN2O3. The van der Waals surface area contributed by atoms with Gasteiger partial charge in [0.1, 0.15) is 0 Å². The van der Waals surface area contributed by atoms with E-state index in [1.807, 2.05) is 18.2 Å². The number of benzene rings is 2. The summed E-state index contributed by atoms with van der Waals surface area (Å²) in [5, 5.41) is 9.14. The second-order valence-electron chi connectivity index (χ2n) is 6.50. The van der Waals surface area contributed by atoms with Crippen molar-refractivity contribution in [3.63, 3.8) is 0 Å². The Hall–Kier alpha value is -2.89. The van der Waals surface area contributed by atoms with Crippen molar-refractivity contribution in [3.8, 4) is 0 Å². The van der Waals surface area contributed by atoms with Crippen LogP contribution >= 0.6 is 0 Å². The van der Waals surface area contributed by atoms with Crippen LogP contribution in [-0.4, -0.2) is 35.1 Å². The van der Waals surface area contributed by atoms with Crippen molar-refractivity contribution in [1.82, 2.24) is 4.90 Å². The quantitative estimate of drug-likeness (QED) is 0.842. The third-order valence-corrected chi connectivity index (χ3v) is 4.62. The van der Waals surface area contributed by atoms with Gasteiger partial charge in [0, 0.05) is 19.0 Å². The lowest BCUT2D eigenvalue weighted by Gasteiger charge is -2.34. The standard InChI is InChI=1S/C20H21FN2O3/c21-23(18-9-2-1-3-10-18)20(26)22-11-5-8-17(14-22)16-7-4-6-15(12-16)13-19(24)25/h1-4,6-7,9-10,12,17H,5,8,11,13-14H2,(H,24,25). The van der Waals surface area contributed by atoms with Gasteiger partial charge < -0.3 is 10.0 Å². The van der Waals surface area contributed by atoms with E-state index in [1.165, 1.54) is 4.90 Å². The van der Waals surface area contributed by atoms with Crippen molar-refractivity contribution in [3.05, 3.63) is 65.7 Å². The highest BCUT2D eigenvalue weighted by atomic mass is 19.2. The van der Waals surface area contributed by atoms with E-state index in [0.717, 1.165) is 24.0 Å². The molecule has 2 aromatic rings. The van der Waals surface area contributed by atoms with E-state index in [4.69, 9.17) is 5.11 Å². The van der Waals surface area contributed by atoms with Gasteiger partial charge in [0.2, 0.25) is 0 Å². The molecule has 0 spiro atoms. The Kier molecular flexibility index (Phi) is 5.51. The molecule has 1 atom stereocenters. The minimum absolute atomic E-state index is 0.0323. The molecular weight excluding hydrogens is 335 g/mol. The predicted molar refractivity (Wildman–Crippen MR) is 96.8 cm³/mol. The van der Waals surface area contributed by atoms with Crippen molar-refractivity contribution in [2.75, 3.05) is 18.2 Å². The van der Waals surface area contributed by atoms with Crippen molar-refractivity contribution in [2.45, 2.75) is 25.2 Å². The van der Waals surface area contributed by atoms with Gasteiger partial charge in [0.25, 0.3) is 0 Å². The third kappa shape index (κ3) is 4.20. The molecule has 1 unspecified atom stereocenters. The third-order valence-electron chi connectivity index (χ3n) is 4.62. The van der Waals surface area contributed by atoms with E-state index in [2.05, 4.69) is 0 Å². The molecule has 5 nitrogen and oxygen atoms in total. The van der Waals surface area contributed by atoms with Crippen LogP contribution in [0.5, 0.6) is 0 Å². The van der Waals surface area contributed by atoms with Crippen LogP contribution in [0, 0.1) is 0 Å². The van der Waals surface area contributed by atoms with Crippen LogP contribution in [0.2, 0.25) is 0 Å². The summed E-state index contributed by atoms with van der Waals surface area (Å²) in [5.74, 6) is -0.802. The maximum Gasteiger partial charge on any atom is 0.352 e. The van der Waals surface area contributed by atoms with Crippen LogP contribution in [0.25, 0.3) is 0 Å². The number of piperidine rings is 1. The Bertz CT molecular complexity index is 782. The number of urea groups is 1. The maximum absolute atomic E-state index is 14.4. The lowest BCUT2D eigenvalue weighted by atomic mass is 9.89. The molecule has 0 aliphatic carbocycles. The molecule has 1 saturated heterocycles. The van der Waals surface area contributed by atoms with E-state index in [0.29, 0.717) is 13.1 Å². The van der Waals surface area contributed by atoms with Crippen LogP contribution in [0.1, 0.15) is 29.9 Å². The summed E-state index contributed by atoms with van der Waals surface area (Å²) in [6.45, 7) is 0.931. The zero-order valence-corrected chi connectivity index (χ0v) is 14.3. The summed E-state index contributed by atoms with van der Waals surface area (Å²) in [5.41, 5.74) is 1.93. The first-order valence-electron chi connectivity index (χ1n) is 8.65. The fourth-order valence-electron chi connectivity index (χ4n) is 3.35.